The molecule has 0 N–H and O–H groups in total. The fraction of sp³-hybridized carbons (Fsp3) is 0.250. The molecular weight excluding hydrogens is 232 g/mol. The van der Waals surface area contributed by atoms with Crippen LogP contribution in [-0.2, 0) is 0 Å². The van der Waals surface area contributed by atoms with Crippen LogP contribution in [0.5, 0.6) is 0 Å². The van der Waals surface area contributed by atoms with Crippen LogP contribution in [0.3, 0.4) is 0 Å². The molecule has 1 aliphatic rings. The average Bonchev–Trinajstić information content (AvgIpc) is 2.71. The van der Waals surface area contributed by atoms with E-state index in [1.165, 1.54) is 5.56 Å². The first-order valence-corrected chi connectivity index (χ1v) is 6.42. The summed E-state index contributed by atoms with van der Waals surface area (Å²) in [6, 6.07) is 8.23. The van der Waals surface area contributed by atoms with Crippen LogP contribution in [0.2, 0.25) is 0 Å². The number of hydrogen-bond acceptors (Lipinski definition) is 4. The van der Waals surface area contributed by atoms with Crippen molar-refractivity contribution in [3.05, 3.63) is 29.8 Å². The first-order valence-electron chi connectivity index (χ1n) is 5.44. The predicted octanol–water partition coefficient (Wildman–Crippen LogP) is 2.58. The highest BCUT2D eigenvalue weighted by Gasteiger charge is 2.17. The zero-order valence-corrected chi connectivity index (χ0v) is 10.5. The minimum atomic E-state index is 0.815. The van der Waals surface area contributed by atoms with Gasteiger partial charge < -0.3 is 0 Å². The van der Waals surface area contributed by atoms with Crippen molar-refractivity contribution in [1.29, 1.82) is 0 Å². The summed E-state index contributed by atoms with van der Waals surface area (Å²) in [5.41, 5.74) is 3.36. The number of thioether (sulfide) groups is 1. The van der Waals surface area contributed by atoms with Gasteiger partial charge in [0, 0.05) is 17.0 Å². The highest BCUT2D eigenvalue weighted by atomic mass is 32.2. The lowest BCUT2D eigenvalue weighted by Gasteiger charge is -2.10. The smallest absolute Gasteiger partial charge is 0.187 e. The molecule has 1 aromatic heterocycles. The molecule has 5 heteroatoms. The summed E-state index contributed by atoms with van der Waals surface area (Å²) in [4.78, 5) is 0. The molecule has 0 unspecified atom stereocenters. The lowest BCUT2D eigenvalue weighted by atomic mass is 10.1. The van der Waals surface area contributed by atoms with Gasteiger partial charge in [-0.05, 0) is 19.9 Å². The largest absolute Gasteiger partial charge is 0.212 e. The third kappa shape index (κ3) is 1.86. The van der Waals surface area contributed by atoms with Crippen LogP contribution in [-0.4, -0.2) is 26.3 Å². The maximum atomic E-state index is 4.50. The second-order valence-electron chi connectivity index (χ2n) is 4.11. The van der Waals surface area contributed by atoms with Gasteiger partial charge in [0.2, 0.25) is 5.16 Å². The number of hydrogen-bond donors (Lipinski definition) is 0. The molecule has 0 bridgehead atoms. The first-order chi connectivity index (χ1) is 8.24. The van der Waals surface area contributed by atoms with E-state index in [9.17, 15) is 0 Å². The van der Waals surface area contributed by atoms with Gasteiger partial charge in [0.25, 0.3) is 0 Å². The number of aryl methyl sites for hydroxylation is 1. The summed E-state index contributed by atoms with van der Waals surface area (Å²) >= 11 is 1.68. The molecule has 0 fully saturated rings. The Morgan fingerprint density at radius 2 is 2.12 bits per heavy atom. The van der Waals surface area contributed by atoms with E-state index in [0.29, 0.717) is 0 Å². The Bertz CT molecular complexity index is 600. The maximum Gasteiger partial charge on any atom is 0.212 e. The Hall–Kier alpha value is -1.62. The van der Waals surface area contributed by atoms with Gasteiger partial charge in [-0.2, -0.15) is 9.78 Å². The lowest BCUT2D eigenvalue weighted by Crippen LogP contribution is -2.08. The first kappa shape index (κ1) is 10.5. The number of fused-ring (bicyclic) bond motifs is 1. The van der Waals surface area contributed by atoms with Gasteiger partial charge in [-0.15, -0.1) is 10.2 Å². The summed E-state index contributed by atoms with van der Waals surface area (Å²) in [6.07, 6.45) is 0. The molecule has 0 spiro atoms. The third-order valence-corrected chi connectivity index (χ3v) is 3.64. The van der Waals surface area contributed by atoms with E-state index < -0.39 is 0 Å². The highest BCUT2D eigenvalue weighted by molar-refractivity contribution is 7.99. The fourth-order valence-corrected chi connectivity index (χ4v) is 2.52. The van der Waals surface area contributed by atoms with E-state index in [1.54, 1.807) is 11.8 Å². The van der Waals surface area contributed by atoms with Crippen molar-refractivity contribution in [3.8, 4) is 11.4 Å². The molecule has 2 heterocycles. The minimum absolute atomic E-state index is 0.815. The van der Waals surface area contributed by atoms with Crippen LogP contribution in [0.1, 0.15) is 12.5 Å². The molecule has 0 amide bonds. The second kappa shape index (κ2) is 4.00. The summed E-state index contributed by atoms with van der Waals surface area (Å²) in [7, 11) is 0. The summed E-state index contributed by atoms with van der Waals surface area (Å²) in [5.74, 6) is 1.71. The van der Waals surface area contributed by atoms with Crippen LogP contribution in [0, 0.1) is 6.92 Å². The van der Waals surface area contributed by atoms with Gasteiger partial charge >= 0.3 is 0 Å². The molecule has 3 rings (SSSR count). The summed E-state index contributed by atoms with van der Waals surface area (Å²) in [6.45, 7) is 4.09. The van der Waals surface area contributed by atoms with E-state index in [1.807, 2.05) is 23.7 Å². The standard InChI is InChI=1S/C12H12N4S/c1-8-4-3-5-10(6-8)11-13-14-12-16(11)15-9(2)7-17-12/h3-6H,7H2,1-2H3. The van der Waals surface area contributed by atoms with Crippen molar-refractivity contribution in [2.45, 2.75) is 19.0 Å². The van der Waals surface area contributed by atoms with Gasteiger partial charge in [0.15, 0.2) is 5.82 Å². The Labute approximate surface area is 104 Å². The Kier molecular flexibility index (Phi) is 2.48. The highest BCUT2D eigenvalue weighted by Crippen LogP contribution is 2.27. The van der Waals surface area contributed by atoms with Gasteiger partial charge in [0.05, 0.1) is 0 Å². The van der Waals surface area contributed by atoms with Crippen molar-refractivity contribution < 1.29 is 0 Å². The van der Waals surface area contributed by atoms with Gasteiger partial charge in [-0.1, -0.05) is 35.5 Å². The van der Waals surface area contributed by atoms with Crippen LogP contribution >= 0.6 is 11.8 Å². The molecule has 1 aliphatic heterocycles. The van der Waals surface area contributed by atoms with E-state index in [0.717, 1.165) is 28.0 Å². The van der Waals surface area contributed by atoms with Gasteiger partial charge in [0.1, 0.15) is 0 Å². The predicted molar refractivity (Wildman–Crippen MR) is 69.4 cm³/mol. The number of aromatic nitrogens is 3. The second-order valence-corrected chi connectivity index (χ2v) is 5.05. The molecule has 0 atom stereocenters. The van der Waals surface area contributed by atoms with Gasteiger partial charge in [-0.3, -0.25) is 0 Å². The minimum Gasteiger partial charge on any atom is -0.187 e. The van der Waals surface area contributed by atoms with Crippen LogP contribution < -0.4 is 0 Å². The molecule has 4 nitrogen and oxygen atoms in total. The lowest BCUT2D eigenvalue weighted by molar-refractivity contribution is 0.761. The van der Waals surface area contributed by atoms with E-state index >= 15 is 0 Å². The monoisotopic (exact) mass is 244 g/mol. The van der Waals surface area contributed by atoms with E-state index in [-0.39, 0.29) is 0 Å². The van der Waals surface area contributed by atoms with E-state index in [2.05, 4.69) is 34.4 Å². The Morgan fingerprint density at radius 1 is 1.24 bits per heavy atom. The molecule has 1 aromatic carbocycles. The third-order valence-electron chi connectivity index (χ3n) is 2.57. The topological polar surface area (TPSA) is 43.1 Å². The van der Waals surface area contributed by atoms with Crippen molar-refractivity contribution in [3.63, 3.8) is 0 Å². The molecule has 0 aliphatic carbocycles. The van der Waals surface area contributed by atoms with E-state index in [4.69, 9.17) is 0 Å². The Balaban J connectivity index is 2.15. The zero-order chi connectivity index (χ0) is 11.8. The molecule has 2 aromatic rings. The normalized spacial score (nSPS) is 14.4. The molecule has 17 heavy (non-hydrogen) atoms. The Morgan fingerprint density at radius 3 is 2.94 bits per heavy atom. The van der Waals surface area contributed by atoms with Crippen molar-refractivity contribution in [1.82, 2.24) is 14.9 Å². The van der Waals surface area contributed by atoms with Crippen molar-refractivity contribution >= 4 is 17.5 Å². The molecule has 0 saturated heterocycles. The summed E-state index contributed by atoms with van der Waals surface area (Å²) in [5, 5.41) is 13.8. The van der Waals surface area contributed by atoms with Crippen LogP contribution in [0.15, 0.2) is 34.5 Å². The fourth-order valence-electron chi connectivity index (χ4n) is 1.78. The average molecular weight is 244 g/mol. The summed E-state index contributed by atoms with van der Waals surface area (Å²) < 4.78 is 1.83. The molecule has 0 radical (unpaired) electrons. The quantitative estimate of drug-likeness (QED) is 0.774. The number of benzene rings is 1. The molecule has 86 valence electrons. The van der Waals surface area contributed by atoms with Crippen molar-refractivity contribution in [2.75, 3.05) is 5.75 Å². The van der Waals surface area contributed by atoms with Gasteiger partial charge in [-0.25, -0.2) is 0 Å². The number of nitrogens with zero attached hydrogens (tertiary/aromatic N) is 4. The zero-order valence-electron chi connectivity index (χ0n) is 9.71. The number of rotatable bonds is 1. The molecular formula is C12H12N4S. The van der Waals surface area contributed by atoms with Crippen LogP contribution in [0.25, 0.3) is 11.4 Å². The van der Waals surface area contributed by atoms with Crippen LogP contribution in [0.4, 0.5) is 0 Å². The van der Waals surface area contributed by atoms with Crippen molar-refractivity contribution in [2.24, 2.45) is 5.10 Å². The maximum absolute atomic E-state index is 4.50. The SMILES string of the molecule is CC1=Nn2c(nnc2-c2cccc(C)c2)SC1. The molecule has 0 saturated carbocycles.